The fourth-order valence-electron chi connectivity index (χ4n) is 3.53. The van der Waals surface area contributed by atoms with Gasteiger partial charge in [-0.3, -0.25) is 19.2 Å². The molecule has 10 nitrogen and oxygen atoms in total. The average Bonchev–Trinajstić information content (AvgIpc) is 2.92. The summed E-state index contributed by atoms with van der Waals surface area (Å²) in [5.74, 6) is 0.0153. The molecule has 0 aliphatic rings. The lowest BCUT2D eigenvalue weighted by atomic mass is 10.2. The fraction of sp³-hybridized carbons (Fsp3) is 0.240. The molecule has 0 aliphatic carbocycles. The molecule has 0 heterocycles. The number of nitrogens with zero attached hydrogens (tertiary/aromatic N) is 2. The van der Waals surface area contributed by atoms with E-state index in [9.17, 15) is 27.7 Å². The van der Waals surface area contributed by atoms with Crippen molar-refractivity contribution in [3.05, 3.63) is 87.2 Å². The lowest BCUT2D eigenvalue weighted by Gasteiger charge is -2.25. The van der Waals surface area contributed by atoms with Crippen LogP contribution in [0.25, 0.3) is 0 Å². The summed E-state index contributed by atoms with van der Waals surface area (Å²) < 4.78 is 52.6. The van der Waals surface area contributed by atoms with E-state index in [1.165, 1.54) is 68.4 Å². The van der Waals surface area contributed by atoms with E-state index >= 15 is 0 Å². The van der Waals surface area contributed by atoms with Gasteiger partial charge in [-0.15, -0.1) is 0 Å². The number of methoxy groups -OCH3 is 2. The van der Waals surface area contributed by atoms with Gasteiger partial charge >= 0.3 is 0 Å². The number of hydrogen-bond donors (Lipinski definition) is 1. The van der Waals surface area contributed by atoms with Gasteiger partial charge in [-0.2, -0.15) is 11.8 Å². The van der Waals surface area contributed by atoms with Crippen molar-refractivity contribution < 1.29 is 32.0 Å². The first kappa shape index (κ1) is 30.0. The smallest absolute Gasteiger partial charge is 0.289 e. The van der Waals surface area contributed by atoms with Crippen LogP contribution < -0.4 is 19.1 Å². The molecule has 0 saturated carbocycles. The number of thioether (sulfide) groups is 1. The van der Waals surface area contributed by atoms with Crippen molar-refractivity contribution in [2.24, 2.45) is 0 Å². The number of amides is 1. The maximum absolute atomic E-state index is 13.9. The second kappa shape index (κ2) is 13.5. The predicted molar refractivity (Wildman–Crippen MR) is 148 cm³/mol. The Balaban J connectivity index is 1.82. The van der Waals surface area contributed by atoms with E-state index in [1.807, 2.05) is 0 Å². The summed E-state index contributed by atoms with van der Waals surface area (Å²) >= 11 is 7.36. The Morgan fingerprint density at radius 1 is 1.13 bits per heavy atom. The van der Waals surface area contributed by atoms with Gasteiger partial charge in [0.1, 0.15) is 23.9 Å². The van der Waals surface area contributed by atoms with Crippen molar-refractivity contribution in [2.75, 3.05) is 37.4 Å². The first-order chi connectivity index (χ1) is 18.6. The van der Waals surface area contributed by atoms with E-state index in [4.69, 9.17) is 21.1 Å². The SMILES string of the molecule is COc1ccc(N(CC(=O)NCCSCc2c(F)cccc2Cl)S(=O)(=O)c2ccccc2[N+](=O)[O-])c(OC)c1. The Kier molecular flexibility index (Phi) is 10.4. The summed E-state index contributed by atoms with van der Waals surface area (Å²) in [4.78, 5) is 23.1. The number of carbonyl (C=O) groups excluding carboxylic acids is 1. The number of hydrogen-bond acceptors (Lipinski definition) is 8. The highest BCUT2D eigenvalue weighted by Crippen LogP contribution is 2.37. The van der Waals surface area contributed by atoms with E-state index in [0.29, 0.717) is 22.1 Å². The van der Waals surface area contributed by atoms with Crippen LogP contribution in [0.15, 0.2) is 65.6 Å². The molecular formula is C25H25ClFN3O7S2. The summed E-state index contributed by atoms with van der Waals surface area (Å²) in [6.07, 6.45) is 0. The molecule has 0 saturated heterocycles. The van der Waals surface area contributed by atoms with Gasteiger partial charge in [0.2, 0.25) is 5.91 Å². The van der Waals surface area contributed by atoms with Crippen LogP contribution in [0.2, 0.25) is 5.02 Å². The number of para-hydroxylation sites is 1. The third kappa shape index (κ3) is 7.31. The number of benzene rings is 3. The number of nitrogens with one attached hydrogen (secondary N) is 1. The molecule has 0 bridgehead atoms. The molecule has 3 aromatic carbocycles. The van der Waals surface area contributed by atoms with Crippen molar-refractivity contribution in [3.8, 4) is 11.5 Å². The zero-order valence-electron chi connectivity index (χ0n) is 20.9. The molecule has 3 rings (SSSR count). The second-order valence-electron chi connectivity index (χ2n) is 7.88. The predicted octanol–water partition coefficient (Wildman–Crippen LogP) is 4.65. The largest absolute Gasteiger partial charge is 0.497 e. The van der Waals surface area contributed by atoms with E-state index in [0.717, 1.165) is 16.4 Å². The minimum Gasteiger partial charge on any atom is -0.497 e. The molecule has 208 valence electrons. The summed E-state index contributed by atoms with van der Waals surface area (Å²) in [7, 11) is -1.88. The number of ether oxygens (including phenoxy) is 2. The molecule has 3 aromatic rings. The van der Waals surface area contributed by atoms with Crippen LogP contribution in [-0.4, -0.2) is 52.3 Å². The van der Waals surface area contributed by atoms with Crippen molar-refractivity contribution in [1.82, 2.24) is 5.32 Å². The number of halogens is 2. The highest BCUT2D eigenvalue weighted by Gasteiger charge is 2.34. The summed E-state index contributed by atoms with van der Waals surface area (Å²) in [6, 6.07) is 13.5. The van der Waals surface area contributed by atoms with Gasteiger partial charge in [0, 0.05) is 40.8 Å². The van der Waals surface area contributed by atoms with E-state index < -0.39 is 43.8 Å². The maximum atomic E-state index is 13.9. The molecule has 0 spiro atoms. The number of nitro groups is 1. The highest BCUT2D eigenvalue weighted by molar-refractivity contribution is 7.98. The van der Waals surface area contributed by atoms with Crippen LogP contribution in [0.5, 0.6) is 11.5 Å². The number of sulfonamides is 1. The molecular weight excluding hydrogens is 573 g/mol. The molecule has 39 heavy (non-hydrogen) atoms. The van der Waals surface area contributed by atoms with Crippen LogP contribution in [0, 0.1) is 15.9 Å². The van der Waals surface area contributed by atoms with Crippen LogP contribution in [-0.2, 0) is 20.6 Å². The van der Waals surface area contributed by atoms with E-state index in [-0.39, 0.29) is 23.7 Å². The molecule has 0 atom stereocenters. The van der Waals surface area contributed by atoms with Crippen molar-refractivity contribution >= 4 is 50.7 Å². The summed E-state index contributed by atoms with van der Waals surface area (Å²) in [5.41, 5.74) is -0.308. The zero-order valence-corrected chi connectivity index (χ0v) is 23.3. The van der Waals surface area contributed by atoms with E-state index in [2.05, 4.69) is 5.32 Å². The molecule has 1 amide bonds. The van der Waals surface area contributed by atoms with Crippen molar-refractivity contribution in [2.45, 2.75) is 10.6 Å². The fourth-order valence-corrected chi connectivity index (χ4v) is 6.32. The standard InChI is InChI=1S/C25H25ClFN3O7S2/c1-36-17-10-11-21(23(14-17)37-2)29(39(34,35)24-9-4-3-8-22(24)30(32)33)15-25(31)28-12-13-38-16-18-19(26)6-5-7-20(18)27/h3-11,14H,12-13,15-16H2,1-2H3,(H,28,31). The number of carbonyl (C=O) groups is 1. The van der Waals surface area contributed by atoms with Gasteiger partial charge in [0.05, 0.1) is 24.8 Å². The van der Waals surface area contributed by atoms with Crippen LogP contribution in [0.1, 0.15) is 5.56 Å². The molecule has 0 aliphatic heterocycles. The quantitative estimate of drug-likeness (QED) is 0.171. The third-order valence-electron chi connectivity index (χ3n) is 5.45. The number of anilines is 1. The Bertz CT molecular complexity index is 1440. The third-order valence-corrected chi connectivity index (χ3v) is 8.60. The minimum atomic E-state index is -4.61. The van der Waals surface area contributed by atoms with Crippen LogP contribution in [0.3, 0.4) is 0 Å². The van der Waals surface area contributed by atoms with Gasteiger partial charge in [0.25, 0.3) is 15.7 Å². The average molecular weight is 598 g/mol. The van der Waals surface area contributed by atoms with Crippen LogP contribution >= 0.6 is 23.4 Å². The topological polar surface area (TPSA) is 128 Å². The normalized spacial score (nSPS) is 11.1. The number of nitro benzene ring substituents is 1. The van der Waals surface area contributed by atoms with E-state index in [1.54, 1.807) is 6.07 Å². The first-order valence-electron chi connectivity index (χ1n) is 11.4. The molecule has 0 fully saturated rings. The summed E-state index contributed by atoms with van der Waals surface area (Å²) in [6.45, 7) is -0.546. The molecule has 1 N–H and O–H groups in total. The molecule has 0 unspecified atom stereocenters. The molecule has 0 radical (unpaired) electrons. The van der Waals surface area contributed by atoms with Crippen molar-refractivity contribution in [3.63, 3.8) is 0 Å². The Labute approximate surface area is 234 Å². The van der Waals surface area contributed by atoms with Gasteiger partial charge in [-0.1, -0.05) is 29.8 Å². The Hall–Kier alpha value is -3.55. The van der Waals surface area contributed by atoms with Gasteiger partial charge in [-0.05, 0) is 30.3 Å². The van der Waals surface area contributed by atoms with Crippen molar-refractivity contribution in [1.29, 1.82) is 0 Å². The monoisotopic (exact) mass is 597 g/mol. The Morgan fingerprint density at radius 3 is 2.54 bits per heavy atom. The van der Waals surface area contributed by atoms with Gasteiger partial charge in [0.15, 0.2) is 4.90 Å². The maximum Gasteiger partial charge on any atom is 0.289 e. The zero-order chi connectivity index (χ0) is 28.6. The summed E-state index contributed by atoms with van der Waals surface area (Å²) in [5, 5.41) is 14.5. The lowest BCUT2D eigenvalue weighted by molar-refractivity contribution is -0.387. The molecule has 14 heteroatoms. The minimum absolute atomic E-state index is 0.0184. The van der Waals surface area contributed by atoms with Gasteiger partial charge in [-0.25, -0.2) is 12.8 Å². The first-order valence-corrected chi connectivity index (χ1v) is 14.3. The second-order valence-corrected chi connectivity index (χ2v) is 11.2. The Morgan fingerprint density at radius 2 is 1.87 bits per heavy atom. The highest BCUT2D eigenvalue weighted by atomic mass is 35.5. The number of rotatable bonds is 13. The lowest BCUT2D eigenvalue weighted by Crippen LogP contribution is -2.41. The van der Waals surface area contributed by atoms with Crippen LogP contribution in [0.4, 0.5) is 15.8 Å². The van der Waals surface area contributed by atoms with Gasteiger partial charge < -0.3 is 14.8 Å². The molecule has 0 aromatic heterocycles.